The number of amides is 1. The number of nitrogens with one attached hydrogen (secondary N) is 1. The molecule has 2 aromatic rings. The number of benzene rings is 2. The van der Waals surface area contributed by atoms with Crippen LogP contribution in [0.1, 0.15) is 22.0 Å². The van der Waals surface area contributed by atoms with Gasteiger partial charge in [-0.3, -0.25) is 4.79 Å². The molecule has 0 fully saturated rings. The molecule has 0 spiro atoms. The Labute approximate surface area is 125 Å². The highest BCUT2D eigenvalue weighted by atomic mass is 79.9. The number of rotatable bonds is 4. The van der Waals surface area contributed by atoms with E-state index >= 15 is 0 Å². The van der Waals surface area contributed by atoms with E-state index in [1.807, 2.05) is 42.5 Å². The van der Waals surface area contributed by atoms with E-state index in [0.29, 0.717) is 11.4 Å². The van der Waals surface area contributed by atoms with Crippen LogP contribution in [0, 0.1) is 0 Å². The standard InChI is InChI=1S/C15H13BrClNO/c16-13-8-6-12(7-9-13)15(19)18-14(10-17)11-4-2-1-3-5-11/h1-9,14H,10H2,(H,18,19). The molecule has 0 heterocycles. The summed E-state index contributed by atoms with van der Waals surface area (Å²) in [5.41, 5.74) is 1.62. The van der Waals surface area contributed by atoms with Crippen molar-refractivity contribution in [2.45, 2.75) is 6.04 Å². The van der Waals surface area contributed by atoms with Crippen LogP contribution in [0.4, 0.5) is 0 Å². The molecule has 98 valence electrons. The zero-order valence-electron chi connectivity index (χ0n) is 10.1. The van der Waals surface area contributed by atoms with Crippen LogP contribution in [0.25, 0.3) is 0 Å². The summed E-state index contributed by atoms with van der Waals surface area (Å²) in [4.78, 5) is 12.1. The van der Waals surface area contributed by atoms with Crippen LogP contribution < -0.4 is 5.32 Å². The average molecular weight is 339 g/mol. The van der Waals surface area contributed by atoms with Gasteiger partial charge in [0.15, 0.2) is 0 Å². The van der Waals surface area contributed by atoms with Gasteiger partial charge in [0.05, 0.1) is 6.04 Å². The van der Waals surface area contributed by atoms with Gasteiger partial charge in [0.1, 0.15) is 0 Å². The van der Waals surface area contributed by atoms with Crippen LogP contribution in [0.3, 0.4) is 0 Å². The van der Waals surface area contributed by atoms with Gasteiger partial charge in [-0.1, -0.05) is 46.3 Å². The molecule has 1 unspecified atom stereocenters. The molecule has 2 nitrogen and oxygen atoms in total. The van der Waals surface area contributed by atoms with Crippen molar-refractivity contribution in [3.63, 3.8) is 0 Å². The predicted octanol–water partition coefficient (Wildman–Crippen LogP) is 4.16. The van der Waals surface area contributed by atoms with Crippen molar-refractivity contribution in [1.82, 2.24) is 5.32 Å². The van der Waals surface area contributed by atoms with Gasteiger partial charge >= 0.3 is 0 Å². The van der Waals surface area contributed by atoms with E-state index in [1.165, 1.54) is 0 Å². The van der Waals surface area contributed by atoms with Gasteiger partial charge in [0, 0.05) is 15.9 Å². The van der Waals surface area contributed by atoms with Crippen LogP contribution in [-0.4, -0.2) is 11.8 Å². The number of hydrogen-bond acceptors (Lipinski definition) is 1. The van der Waals surface area contributed by atoms with Crippen LogP contribution >= 0.6 is 27.5 Å². The first kappa shape index (κ1) is 14.1. The van der Waals surface area contributed by atoms with E-state index in [2.05, 4.69) is 21.2 Å². The lowest BCUT2D eigenvalue weighted by Gasteiger charge is -2.16. The summed E-state index contributed by atoms with van der Waals surface area (Å²) in [5, 5.41) is 2.93. The van der Waals surface area contributed by atoms with E-state index in [-0.39, 0.29) is 11.9 Å². The number of alkyl halides is 1. The van der Waals surface area contributed by atoms with Crippen molar-refractivity contribution >= 4 is 33.4 Å². The maximum atomic E-state index is 12.1. The minimum absolute atomic E-state index is 0.123. The minimum Gasteiger partial charge on any atom is -0.344 e. The van der Waals surface area contributed by atoms with Crippen molar-refractivity contribution in [2.75, 3.05) is 5.88 Å². The third kappa shape index (κ3) is 3.82. The molecule has 0 aliphatic rings. The highest BCUT2D eigenvalue weighted by molar-refractivity contribution is 9.10. The average Bonchev–Trinajstić information content (AvgIpc) is 2.46. The summed E-state index contributed by atoms with van der Waals surface area (Å²) in [7, 11) is 0. The van der Waals surface area contributed by atoms with E-state index in [4.69, 9.17) is 11.6 Å². The maximum absolute atomic E-state index is 12.1. The third-order valence-electron chi connectivity index (χ3n) is 2.77. The number of carbonyl (C=O) groups excluding carboxylic acids is 1. The molecule has 1 atom stereocenters. The molecule has 0 saturated heterocycles. The van der Waals surface area contributed by atoms with Gasteiger partial charge in [-0.25, -0.2) is 0 Å². The third-order valence-corrected chi connectivity index (χ3v) is 3.61. The van der Waals surface area contributed by atoms with Gasteiger partial charge in [-0.15, -0.1) is 11.6 Å². The SMILES string of the molecule is O=C(NC(CCl)c1ccccc1)c1ccc(Br)cc1. The Hall–Kier alpha value is -1.32. The van der Waals surface area contributed by atoms with Gasteiger partial charge in [0.2, 0.25) is 0 Å². The molecule has 4 heteroatoms. The maximum Gasteiger partial charge on any atom is 0.251 e. The van der Waals surface area contributed by atoms with Crippen LogP contribution in [-0.2, 0) is 0 Å². The van der Waals surface area contributed by atoms with Gasteiger partial charge in [-0.2, -0.15) is 0 Å². The highest BCUT2D eigenvalue weighted by Gasteiger charge is 2.14. The topological polar surface area (TPSA) is 29.1 Å². The summed E-state index contributed by atoms with van der Waals surface area (Å²) in [5.74, 6) is 0.216. The number of halogens is 2. The minimum atomic E-state index is -0.181. The van der Waals surface area contributed by atoms with Crippen molar-refractivity contribution in [1.29, 1.82) is 0 Å². The zero-order valence-corrected chi connectivity index (χ0v) is 12.5. The lowest BCUT2D eigenvalue weighted by Crippen LogP contribution is -2.29. The van der Waals surface area contributed by atoms with Crippen molar-refractivity contribution in [3.05, 3.63) is 70.2 Å². The second kappa shape index (κ2) is 6.73. The highest BCUT2D eigenvalue weighted by Crippen LogP contribution is 2.16. The van der Waals surface area contributed by atoms with Crippen molar-refractivity contribution in [3.8, 4) is 0 Å². The Morgan fingerprint density at radius 3 is 2.32 bits per heavy atom. The number of hydrogen-bond donors (Lipinski definition) is 1. The van der Waals surface area contributed by atoms with Gasteiger partial charge in [0.25, 0.3) is 5.91 Å². The van der Waals surface area contributed by atoms with Crippen LogP contribution in [0.5, 0.6) is 0 Å². The quantitative estimate of drug-likeness (QED) is 0.833. The van der Waals surface area contributed by atoms with E-state index in [1.54, 1.807) is 12.1 Å². The van der Waals surface area contributed by atoms with Crippen molar-refractivity contribution < 1.29 is 4.79 Å². The Kier molecular flexibility index (Phi) is 5.00. The molecule has 2 aromatic carbocycles. The second-order valence-corrected chi connectivity index (χ2v) is 5.32. The summed E-state index contributed by atoms with van der Waals surface area (Å²) in [6.07, 6.45) is 0. The largest absolute Gasteiger partial charge is 0.344 e. The molecule has 1 amide bonds. The molecule has 0 aliphatic carbocycles. The summed E-state index contributed by atoms with van der Waals surface area (Å²) >= 11 is 9.28. The Balaban J connectivity index is 2.10. The molecule has 0 radical (unpaired) electrons. The molecular weight excluding hydrogens is 326 g/mol. The Morgan fingerprint density at radius 1 is 1.11 bits per heavy atom. The molecule has 0 bridgehead atoms. The first-order valence-electron chi connectivity index (χ1n) is 5.88. The monoisotopic (exact) mass is 337 g/mol. The molecule has 0 aromatic heterocycles. The van der Waals surface area contributed by atoms with Crippen molar-refractivity contribution in [2.24, 2.45) is 0 Å². The molecule has 1 N–H and O–H groups in total. The Morgan fingerprint density at radius 2 is 1.74 bits per heavy atom. The fourth-order valence-corrected chi connectivity index (χ4v) is 2.26. The molecule has 0 saturated carbocycles. The lowest BCUT2D eigenvalue weighted by molar-refractivity contribution is 0.0940. The summed E-state index contributed by atoms with van der Waals surface area (Å²) in [6, 6.07) is 16.8. The fourth-order valence-electron chi connectivity index (χ4n) is 1.74. The van der Waals surface area contributed by atoms with Gasteiger partial charge < -0.3 is 5.32 Å². The summed E-state index contributed by atoms with van der Waals surface area (Å²) in [6.45, 7) is 0. The van der Waals surface area contributed by atoms with Crippen LogP contribution in [0.15, 0.2) is 59.1 Å². The smallest absolute Gasteiger partial charge is 0.251 e. The van der Waals surface area contributed by atoms with E-state index < -0.39 is 0 Å². The molecule has 19 heavy (non-hydrogen) atoms. The lowest BCUT2D eigenvalue weighted by atomic mass is 10.1. The first-order chi connectivity index (χ1) is 9.20. The Bertz CT molecular complexity index is 542. The molecular formula is C15H13BrClNO. The van der Waals surface area contributed by atoms with E-state index in [9.17, 15) is 4.79 Å². The second-order valence-electron chi connectivity index (χ2n) is 4.10. The normalized spacial score (nSPS) is 11.9. The van der Waals surface area contributed by atoms with Crippen LogP contribution in [0.2, 0.25) is 0 Å². The summed E-state index contributed by atoms with van der Waals surface area (Å²) < 4.78 is 0.945. The number of carbonyl (C=O) groups is 1. The van der Waals surface area contributed by atoms with E-state index in [0.717, 1.165) is 10.0 Å². The molecule has 2 rings (SSSR count). The zero-order chi connectivity index (χ0) is 13.7. The fraction of sp³-hybridized carbons (Fsp3) is 0.133. The van der Waals surface area contributed by atoms with Gasteiger partial charge in [-0.05, 0) is 29.8 Å². The predicted molar refractivity (Wildman–Crippen MR) is 81.5 cm³/mol. The first-order valence-corrected chi connectivity index (χ1v) is 7.21. The molecule has 0 aliphatic heterocycles.